The lowest BCUT2D eigenvalue weighted by molar-refractivity contribution is 0.442. The van der Waals surface area contributed by atoms with Gasteiger partial charge in [0.05, 0.1) is 13.6 Å². The molecular weight excluding hydrogens is 416 g/mol. The molecule has 0 amide bonds. The van der Waals surface area contributed by atoms with Crippen LogP contribution in [0.1, 0.15) is 15.3 Å². The normalized spacial score (nSPS) is 12.8. The lowest BCUT2D eigenvalue weighted by Crippen LogP contribution is -2.00. The van der Waals surface area contributed by atoms with Gasteiger partial charge in [0.15, 0.2) is 17.5 Å². The third-order valence-corrected chi connectivity index (χ3v) is 6.08. The number of hydrogen-bond acceptors (Lipinski definition) is 1. The summed E-state index contributed by atoms with van der Waals surface area (Å²) in [6.45, 7) is 0. The summed E-state index contributed by atoms with van der Waals surface area (Å²) in [6, 6.07) is 3.73. The average molecular weight is 420 g/mol. The molecule has 0 aliphatic heterocycles. The van der Waals surface area contributed by atoms with E-state index in [0.29, 0.717) is 13.7 Å². The second-order valence-corrected chi connectivity index (χ2v) is 7.12. The molecule has 0 aliphatic rings. The van der Waals surface area contributed by atoms with Crippen LogP contribution in [-0.2, 0) is 0 Å². The van der Waals surface area contributed by atoms with Gasteiger partial charge in [0, 0.05) is 10.4 Å². The summed E-state index contributed by atoms with van der Waals surface area (Å²) < 4.78 is 40.3. The van der Waals surface area contributed by atoms with Crippen LogP contribution in [0.25, 0.3) is 0 Å². The third-order valence-electron chi connectivity index (χ3n) is 2.25. The monoisotopic (exact) mass is 418 g/mol. The highest BCUT2D eigenvalue weighted by molar-refractivity contribution is 9.11. The van der Waals surface area contributed by atoms with Crippen LogP contribution >= 0.6 is 54.8 Å². The van der Waals surface area contributed by atoms with E-state index in [0.717, 1.165) is 6.07 Å². The number of benzene rings is 1. The Morgan fingerprint density at radius 2 is 1.83 bits per heavy atom. The van der Waals surface area contributed by atoms with Crippen molar-refractivity contribution in [3.63, 3.8) is 0 Å². The van der Waals surface area contributed by atoms with Gasteiger partial charge >= 0.3 is 0 Å². The molecule has 1 unspecified atom stereocenters. The van der Waals surface area contributed by atoms with Gasteiger partial charge in [-0.25, -0.2) is 13.2 Å². The molecule has 1 atom stereocenters. The lowest BCUT2D eigenvalue weighted by Gasteiger charge is -2.10. The number of alkyl halides is 1. The van der Waals surface area contributed by atoms with Crippen molar-refractivity contribution >= 4 is 54.8 Å². The van der Waals surface area contributed by atoms with Crippen molar-refractivity contribution < 1.29 is 13.2 Å². The van der Waals surface area contributed by atoms with E-state index in [1.165, 1.54) is 17.4 Å². The fourth-order valence-electron chi connectivity index (χ4n) is 1.38. The molecule has 1 aromatic carbocycles. The van der Waals surface area contributed by atoms with Gasteiger partial charge in [-0.2, -0.15) is 0 Å². The van der Waals surface area contributed by atoms with E-state index in [-0.39, 0.29) is 5.56 Å². The second-order valence-electron chi connectivity index (χ2n) is 3.40. The molecule has 0 radical (unpaired) electrons. The van der Waals surface area contributed by atoms with Crippen molar-refractivity contribution in [2.24, 2.45) is 0 Å². The van der Waals surface area contributed by atoms with Crippen molar-refractivity contribution in [1.29, 1.82) is 0 Å². The predicted molar refractivity (Wildman–Crippen MR) is 74.1 cm³/mol. The Hall–Kier alpha value is -0.0400. The number of rotatable bonds is 2. The van der Waals surface area contributed by atoms with Crippen LogP contribution in [0, 0.1) is 17.5 Å². The first kappa shape index (κ1) is 14.4. The molecule has 18 heavy (non-hydrogen) atoms. The average Bonchev–Trinajstić information content (AvgIpc) is 2.66. The van der Waals surface area contributed by atoms with E-state index in [1.54, 1.807) is 6.07 Å². The molecule has 96 valence electrons. The Labute approximate surface area is 127 Å². The van der Waals surface area contributed by atoms with E-state index in [4.69, 9.17) is 11.6 Å². The molecule has 0 saturated heterocycles. The van der Waals surface area contributed by atoms with Crippen LogP contribution in [0.2, 0.25) is 5.02 Å². The van der Waals surface area contributed by atoms with E-state index in [9.17, 15) is 13.2 Å². The molecule has 1 heterocycles. The van der Waals surface area contributed by atoms with Crippen molar-refractivity contribution in [3.8, 4) is 0 Å². The van der Waals surface area contributed by atoms with Gasteiger partial charge in [-0.15, -0.1) is 11.3 Å². The summed E-state index contributed by atoms with van der Waals surface area (Å²) in [5.74, 6) is -3.88. The number of thiophene rings is 1. The summed E-state index contributed by atoms with van der Waals surface area (Å²) in [7, 11) is 0. The molecule has 0 N–H and O–H groups in total. The van der Waals surface area contributed by atoms with Gasteiger partial charge in [-0.3, -0.25) is 0 Å². The Bertz CT molecular complexity index is 581. The number of hydrogen-bond donors (Lipinski definition) is 0. The van der Waals surface area contributed by atoms with Crippen molar-refractivity contribution in [2.75, 3.05) is 0 Å². The topological polar surface area (TPSA) is 0 Å². The van der Waals surface area contributed by atoms with Crippen LogP contribution in [0.5, 0.6) is 0 Å². The summed E-state index contributed by atoms with van der Waals surface area (Å²) in [4.78, 5) is 0.109. The maximum absolute atomic E-state index is 13.6. The molecule has 0 nitrogen and oxygen atoms in total. The molecule has 0 aliphatic carbocycles. The molecule has 0 saturated carbocycles. The zero-order chi connectivity index (χ0) is 13.4. The summed E-state index contributed by atoms with van der Waals surface area (Å²) in [5, 5.41) is 0.488. The van der Waals surface area contributed by atoms with Crippen LogP contribution in [0.15, 0.2) is 22.0 Å². The minimum Gasteiger partial charge on any atom is -0.204 e. The first-order valence-corrected chi connectivity index (χ1v) is 7.54. The Balaban J connectivity index is 2.46. The van der Waals surface area contributed by atoms with Gasteiger partial charge in [0.1, 0.15) is 0 Å². The molecule has 7 heteroatoms. The van der Waals surface area contributed by atoms with Crippen molar-refractivity contribution in [3.05, 3.63) is 54.9 Å². The number of halogens is 6. The third kappa shape index (κ3) is 2.61. The molecule has 0 fully saturated rings. The van der Waals surface area contributed by atoms with Gasteiger partial charge in [0.2, 0.25) is 0 Å². The van der Waals surface area contributed by atoms with Crippen LogP contribution in [0.3, 0.4) is 0 Å². The highest BCUT2D eigenvalue weighted by atomic mass is 79.9. The van der Waals surface area contributed by atoms with Gasteiger partial charge < -0.3 is 0 Å². The van der Waals surface area contributed by atoms with E-state index >= 15 is 0 Å². The largest absolute Gasteiger partial charge is 0.204 e. The second kappa shape index (κ2) is 5.53. The van der Waals surface area contributed by atoms with Crippen LogP contribution < -0.4 is 0 Å². The standard InChI is InChI=1S/C11H4Br2ClF3S/c12-8(7-3-5(14)11(13)18-7)4-1-2-6(15)10(17)9(4)16/h1-3,8H. The smallest absolute Gasteiger partial charge is 0.194 e. The maximum Gasteiger partial charge on any atom is 0.194 e. The molecule has 2 aromatic rings. The Kier molecular flexibility index (Phi) is 4.41. The summed E-state index contributed by atoms with van der Waals surface area (Å²) in [5.41, 5.74) is 0.0271. The first-order valence-electron chi connectivity index (χ1n) is 4.64. The van der Waals surface area contributed by atoms with Crippen molar-refractivity contribution in [2.45, 2.75) is 4.83 Å². The van der Waals surface area contributed by atoms with Crippen LogP contribution in [-0.4, -0.2) is 0 Å². The van der Waals surface area contributed by atoms with Gasteiger partial charge in [0.25, 0.3) is 0 Å². The molecule has 1 aromatic heterocycles. The lowest BCUT2D eigenvalue weighted by atomic mass is 10.1. The quantitative estimate of drug-likeness (QED) is 0.409. The predicted octanol–water partition coefficient (Wildman–Crippen LogP) is 6.07. The van der Waals surface area contributed by atoms with Crippen molar-refractivity contribution in [1.82, 2.24) is 0 Å². The minimum absolute atomic E-state index is 0.0271. The highest BCUT2D eigenvalue weighted by Crippen LogP contribution is 2.42. The molecular formula is C11H4Br2ClF3S. The zero-order valence-electron chi connectivity index (χ0n) is 8.49. The van der Waals surface area contributed by atoms with E-state index in [1.807, 2.05) is 0 Å². The molecule has 0 spiro atoms. The van der Waals surface area contributed by atoms with E-state index < -0.39 is 22.3 Å². The van der Waals surface area contributed by atoms with E-state index in [2.05, 4.69) is 31.9 Å². The van der Waals surface area contributed by atoms with Gasteiger partial charge in [-0.05, 0) is 28.1 Å². The highest BCUT2D eigenvalue weighted by Gasteiger charge is 2.22. The SMILES string of the molecule is Fc1ccc(C(Br)c2cc(Cl)c(Br)s2)c(F)c1F. The summed E-state index contributed by atoms with van der Waals surface area (Å²) in [6.07, 6.45) is 0. The first-order chi connectivity index (χ1) is 8.41. The Morgan fingerprint density at radius 3 is 2.39 bits per heavy atom. The minimum atomic E-state index is -1.47. The summed E-state index contributed by atoms with van der Waals surface area (Å²) >= 11 is 13.7. The maximum atomic E-state index is 13.6. The fraction of sp³-hybridized carbons (Fsp3) is 0.0909. The molecule has 2 rings (SSSR count). The molecule has 0 bridgehead atoms. The fourth-order valence-corrected chi connectivity index (χ4v) is 3.89. The Morgan fingerprint density at radius 1 is 1.17 bits per heavy atom. The van der Waals surface area contributed by atoms with Crippen LogP contribution in [0.4, 0.5) is 13.2 Å². The van der Waals surface area contributed by atoms with Gasteiger partial charge in [-0.1, -0.05) is 33.6 Å². The zero-order valence-corrected chi connectivity index (χ0v) is 13.2.